The Morgan fingerprint density at radius 2 is 1.97 bits per heavy atom. The molecular formula is C23H32N4O2. The summed E-state index contributed by atoms with van der Waals surface area (Å²) < 4.78 is 5.69. The van der Waals surface area contributed by atoms with Crippen LogP contribution in [0.25, 0.3) is 0 Å². The molecule has 0 saturated carbocycles. The highest BCUT2D eigenvalue weighted by Gasteiger charge is 2.18. The third kappa shape index (κ3) is 5.70. The number of carbonyl (C=O) groups is 1. The summed E-state index contributed by atoms with van der Waals surface area (Å²) in [4.78, 5) is 21.5. The van der Waals surface area contributed by atoms with Crippen LogP contribution >= 0.6 is 0 Å². The molecule has 6 nitrogen and oxygen atoms in total. The minimum atomic E-state index is -0.135. The number of nitrogens with zero attached hydrogens (tertiary/aromatic N) is 3. The number of nitrogens with one attached hydrogen (secondary N) is 1. The van der Waals surface area contributed by atoms with Crippen molar-refractivity contribution in [2.45, 2.75) is 33.2 Å². The standard InChI is InChI=1S/C23H32N4O2/c1-17(2)21-8-7-20(14-18(21)3)29-16-22(28)25-15-19-6-5-9-24-23(19)27-12-10-26(4)11-13-27/h5-9,14,17H,10-13,15-16H2,1-4H3,(H,25,28). The first-order chi connectivity index (χ1) is 13.9. The molecule has 2 heterocycles. The number of amides is 1. The first kappa shape index (κ1) is 21.1. The van der Waals surface area contributed by atoms with Gasteiger partial charge in [-0.25, -0.2) is 4.98 Å². The van der Waals surface area contributed by atoms with Crippen molar-refractivity contribution in [1.29, 1.82) is 0 Å². The molecule has 1 fully saturated rings. The third-order valence-electron chi connectivity index (χ3n) is 5.38. The first-order valence-electron chi connectivity index (χ1n) is 10.3. The number of aromatic nitrogens is 1. The molecule has 1 aromatic carbocycles. The van der Waals surface area contributed by atoms with Crippen LogP contribution in [0.5, 0.6) is 5.75 Å². The largest absolute Gasteiger partial charge is 0.484 e. The molecule has 29 heavy (non-hydrogen) atoms. The topological polar surface area (TPSA) is 57.7 Å². The van der Waals surface area contributed by atoms with Crippen molar-refractivity contribution in [2.24, 2.45) is 0 Å². The molecule has 0 aliphatic carbocycles. The van der Waals surface area contributed by atoms with E-state index in [4.69, 9.17) is 4.74 Å². The van der Waals surface area contributed by atoms with Crippen molar-refractivity contribution >= 4 is 11.7 Å². The summed E-state index contributed by atoms with van der Waals surface area (Å²) in [6, 6.07) is 9.94. The van der Waals surface area contributed by atoms with Crippen LogP contribution in [0.2, 0.25) is 0 Å². The second kappa shape index (κ2) is 9.74. The van der Waals surface area contributed by atoms with Crippen molar-refractivity contribution in [3.63, 3.8) is 0 Å². The highest BCUT2D eigenvalue weighted by Crippen LogP contribution is 2.23. The SMILES string of the molecule is Cc1cc(OCC(=O)NCc2cccnc2N2CCN(C)CC2)ccc1C(C)C. The molecule has 0 bridgehead atoms. The number of piperazine rings is 1. The molecule has 1 aromatic heterocycles. The second-order valence-electron chi connectivity index (χ2n) is 8.01. The van der Waals surface area contributed by atoms with E-state index in [2.05, 4.69) is 54.0 Å². The lowest BCUT2D eigenvalue weighted by atomic mass is 9.98. The van der Waals surface area contributed by atoms with E-state index in [0.29, 0.717) is 12.5 Å². The Morgan fingerprint density at radius 3 is 2.66 bits per heavy atom. The van der Waals surface area contributed by atoms with Gasteiger partial charge in [-0.3, -0.25) is 4.79 Å². The number of likely N-dealkylation sites (N-methyl/N-ethyl adjacent to an activating group) is 1. The summed E-state index contributed by atoms with van der Waals surface area (Å²) in [5, 5.41) is 2.96. The summed E-state index contributed by atoms with van der Waals surface area (Å²) >= 11 is 0. The van der Waals surface area contributed by atoms with Crippen LogP contribution < -0.4 is 15.0 Å². The summed E-state index contributed by atoms with van der Waals surface area (Å²) in [7, 11) is 2.13. The van der Waals surface area contributed by atoms with Crippen LogP contribution in [0.15, 0.2) is 36.5 Å². The number of benzene rings is 1. The lowest BCUT2D eigenvalue weighted by Crippen LogP contribution is -2.45. The zero-order valence-electron chi connectivity index (χ0n) is 17.9. The summed E-state index contributed by atoms with van der Waals surface area (Å²) in [6.07, 6.45) is 1.81. The highest BCUT2D eigenvalue weighted by molar-refractivity contribution is 5.77. The average molecular weight is 397 g/mol. The van der Waals surface area contributed by atoms with E-state index >= 15 is 0 Å². The molecule has 1 saturated heterocycles. The molecule has 1 N–H and O–H groups in total. The Bertz CT molecular complexity index is 829. The van der Waals surface area contributed by atoms with Gasteiger partial charge in [0.25, 0.3) is 5.91 Å². The first-order valence-corrected chi connectivity index (χ1v) is 10.3. The van der Waals surface area contributed by atoms with E-state index in [1.165, 1.54) is 11.1 Å². The Labute approximate surface area is 173 Å². The van der Waals surface area contributed by atoms with Crippen LogP contribution in [-0.2, 0) is 11.3 Å². The Kier molecular flexibility index (Phi) is 7.09. The fourth-order valence-corrected chi connectivity index (χ4v) is 3.65. The fourth-order valence-electron chi connectivity index (χ4n) is 3.65. The maximum atomic E-state index is 12.3. The summed E-state index contributed by atoms with van der Waals surface area (Å²) in [6.45, 7) is 10.8. The normalized spacial score (nSPS) is 14.9. The molecule has 2 aromatic rings. The van der Waals surface area contributed by atoms with Gasteiger partial charge in [0.15, 0.2) is 6.61 Å². The number of hydrogen-bond donors (Lipinski definition) is 1. The molecule has 0 unspecified atom stereocenters. The zero-order valence-corrected chi connectivity index (χ0v) is 17.9. The smallest absolute Gasteiger partial charge is 0.258 e. The molecule has 0 atom stereocenters. The van der Waals surface area contributed by atoms with Crippen molar-refractivity contribution in [1.82, 2.24) is 15.2 Å². The average Bonchev–Trinajstić information content (AvgIpc) is 2.71. The summed E-state index contributed by atoms with van der Waals surface area (Å²) in [5.41, 5.74) is 3.52. The van der Waals surface area contributed by atoms with E-state index < -0.39 is 0 Å². The molecule has 156 valence electrons. The molecule has 3 rings (SSSR count). The van der Waals surface area contributed by atoms with E-state index in [-0.39, 0.29) is 12.5 Å². The Balaban J connectivity index is 1.53. The number of ether oxygens (including phenoxy) is 1. The zero-order chi connectivity index (χ0) is 20.8. The van der Waals surface area contributed by atoms with Crippen LogP contribution in [0.4, 0.5) is 5.82 Å². The van der Waals surface area contributed by atoms with E-state index in [1.807, 2.05) is 30.5 Å². The quantitative estimate of drug-likeness (QED) is 0.780. The van der Waals surface area contributed by atoms with Gasteiger partial charge < -0.3 is 19.9 Å². The minimum Gasteiger partial charge on any atom is -0.484 e. The molecular weight excluding hydrogens is 364 g/mol. The molecule has 6 heteroatoms. The second-order valence-corrected chi connectivity index (χ2v) is 8.01. The monoisotopic (exact) mass is 396 g/mol. The van der Waals surface area contributed by atoms with E-state index in [0.717, 1.165) is 43.3 Å². The van der Waals surface area contributed by atoms with Crippen molar-refractivity contribution in [2.75, 3.05) is 44.7 Å². The lowest BCUT2D eigenvalue weighted by Gasteiger charge is -2.34. The predicted molar refractivity (Wildman–Crippen MR) is 117 cm³/mol. The molecule has 0 spiro atoms. The van der Waals surface area contributed by atoms with Gasteiger partial charge in [0.2, 0.25) is 0 Å². The number of hydrogen-bond acceptors (Lipinski definition) is 5. The van der Waals surface area contributed by atoms with Crippen LogP contribution in [-0.4, -0.2) is 55.6 Å². The number of aryl methyl sites for hydroxylation is 1. The number of pyridine rings is 1. The van der Waals surface area contributed by atoms with Gasteiger partial charge >= 0.3 is 0 Å². The Hall–Kier alpha value is -2.60. The highest BCUT2D eigenvalue weighted by atomic mass is 16.5. The molecule has 0 radical (unpaired) electrons. The minimum absolute atomic E-state index is 0.00453. The fraction of sp³-hybridized carbons (Fsp3) is 0.478. The maximum Gasteiger partial charge on any atom is 0.258 e. The lowest BCUT2D eigenvalue weighted by molar-refractivity contribution is -0.123. The Morgan fingerprint density at radius 1 is 1.21 bits per heavy atom. The van der Waals surface area contributed by atoms with Gasteiger partial charge in [-0.2, -0.15) is 0 Å². The molecule has 1 amide bonds. The molecule has 1 aliphatic rings. The van der Waals surface area contributed by atoms with Crippen LogP contribution in [0.3, 0.4) is 0 Å². The van der Waals surface area contributed by atoms with Crippen molar-refractivity contribution < 1.29 is 9.53 Å². The van der Waals surface area contributed by atoms with E-state index in [9.17, 15) is 4.79 Å². The predicted octanol–water partition coefficient (Wildman–Crippen LogP) is 2.96. The van der Waals surface area contributed by atoms with Gasteiger partial charge in [-0.15, -0.1) is 0 Å². The summed E-state index contributed by atoms with van der Waals surface area (Å²) in [5.74, 6) is 2.02. The van der Waals surface area contributed by atoms with Crippen molar-refractivity contribution in [3.05, 3.63) is 53.2 Å². The number of anilines is 1. The maximum absolute atomic E-state index is 12.3. The van der Waals surface area contributed by atoms with Gasteiger partial charge in [0.1, 0.15) is 11.6 Å². The number of rotatable bonds is 7. The van der Waals surface area contributed by atoms with Gasteiger partial charge in [0, 0.05) is 44.5 Å². The van der Waals surface area contributed by atoms with Crippen LogP contribution in [0, 0.1) is 6.92 Å². The van der Waals surface area contributed by atoms with E-state index in [1.54, 1.807) is 0 Å². The van der Waals surface area contributed by atoms with Gasteiger partial charge in [-0.1, -0.05) is 26.0 Å². The number of carbonyl (C=O) groups excluding carboxylic acids is 1. The van der Waals surface area contributed by atoms with Crippen LogP contribution in [0.1, 0.15) is 36.5 Å². The third-order valence-corrected chi connectivity index (χ3v) is 5.38. The van der Waals surface area contributed by atoms with Gasteiger partial charge in [-0.05, 0) is 49.2 Å². The molecule has 1 aliphatic heterocycles. The van der Waals surface area contributed by atoms with Gasteiger partial charge in [0.05, 0.1) is 0 Å². The van der Waals surface area contributed by atoms with Crippen molar-refractivity contribution in [3.8, 4) is 5.75 Å².